The Morgan fingerprint density at radius 2 is 1.25 bits per heavy atom. The van der Waals surface area contributed by atoms with Gasteiger partial charge in [0.2, 0.25) is 0 Å². The van der Waals surface area contributed by atoms with Gasteiger partial charge in [-0.25, -0.2) is 0 Å². The topological polar surface area (TPSA) is 0 Å². The van der Waals surface area contributed by atoms with Gasteiger partial charge in [-0.15, -0.1) is 0 Å². The van der Waals surface area contributed by atoms with Gasteiger partial charge in [0.25, 0.3) is 0 Å². The number of hydrogen-bond donors (Lipinski definition) is 0. The van der Waals surface area contributed by atoms with Crippen molar-refractivity contribution in [3.63, 3.8) is 0 Å². The zero-order valence-electron chi connectivity index (χ0n) is 5.14. The first-order valence-electron chi connectivity index (χ1n) is 2.82. The van der Waals surface area contributed by atoms with E-state index in [1.165, 1.54) is 0 Å². The minimum atomic E-state index is 0.863. The van der Waals surface area contributed by atoms with Gasteiger partial charge in [0.15, 0.2) is 0 Å². The lowest BCUT2D eigenvalue weighted by Crippen LogP contribution is -1.53. The fourth-order valence-electron chi connectivity index (χ4n) is 0.350. The van der Waals surface area contributed by atoms with Crippen molar-refractivity contribution in [2.45, 2.75) is 12.8 Å². The molecule has 0 spiro atoms. The summed E-state index contributed by atoms with van der Waals surface area (Å²) in [5.74, 6) is 0. The van der Waals surface area contributed by atoms with Gasteiger partial charge >= 0.3 is 0 Å². The van der Waals surface area contributed by atoms with Crippen LogP contribution in [0.25, 0.3) is 0 Å². The first-order chi connectivity index (χ1) is 3.91. The molecule has 0 nitrogen and oxygen atoms in total. The summed E-state index contributed by atoms with van der Waals surface area (Å²) in [4.78, 5) is 0. The Balaban J connectivity index is 3.13. The lowest BCUT2D eigenvalue weighted by Gasteiger charge is -1.73. The SMILES string of the molecule is [CH2]C/C=C/C=C/C[CH2]. The molecule has 0 aromatic heterocycles. The maximum Gasteiger partial charge on any atom is -0.0347 e. The number of hydrogen-bond acceptors (Lipinski definition) is 0. The van der Waals surface area contributed by atoms with Crippen LogP contribution >= 0.6 is 0 Å². The highest BCUT2D eigenvalue weighted by Crippen LogP contribution is 1.82. The molecule has 0 bridgehead atoms. The number of allylic oxidation sites excluding steroid dienone is 4. The lowest BCUT2D eigenvalue weighted by molar-refractivity contribution is 1.38. The number of rotatable bonds is 3. The average molecular weight is 108 g/mol. The molecule has 0 aromatic carbocycles. The van der Waals surface area contributed by atoms with Gasteiger partial charge in [0.1, 0.15) is 0 Å². The fourth-order valence-corrected chi connectivity index (χ4v) is 0.350. The first kappa shape index (κ1) is 7.48. The molecule has 0 aromatic rings. The Hall–Kier alpha value is -0.520. The van der Waals surface area contributed by atoms with E-state index in [0.29, 0.717) is 0 Å². The molecule has 0 N–H and O–H groups in total. The van der Waals surface area contributed by atoms with Crippen LogP contribution < -0.4 is 0 Å². The molecule has 0 saturated carbocycles. The third kappa shape index (κ3) is 5.48. The predicted molar refractivity (Wildman–Crippen MR) is 38.2 cm³/mol. The van der Waals surface area contributed by atoms with Crippen LogP contribution in [-0.4, -0.2) is 0 Å². The second-order valence-corrected chi connectivity index (χ2v) is 1.43. The second kappa shape index (κ2) is 6.48. The van der Waals surface area contributed by atoms with Gasteiger partial charge in [-0.2, -0.15) is 0 Å². The molecule has 0 heterocycles. The Bertz CT molecular complexity index is 66.0. The van der Waals surface area contributed by atoms with E-state index in [1.807, 2.05) is 24.3 Å². The zero-order chi connectivity index (χ0) is 6.24. The smallest absolute Gasteiger partial charge is 0.0347 e. The highest BCUT2D eigenvalue weighted by molar-refractivity contribution is 5.02. The van der Waals surface area contributed by atoms with Crippen molar-refractivity contribution in [3.8, 4) is 0 Å². The Morgan fingerprint density at radius 3 is 1.50 bits per heavy atom. The summed E-state index contributed by atoms with van der Waals surface area (Å²) in [6, 6.07) is 0. The summed E-state index contributed by atoms with van der Waals surface area (Å²) in [5.41, 5.74) is 0. The Kier molecular flexibility index (Phi) is 6.06. The van der Waals surface area contributed by atoms with Crippen molar-refractivity contribution >= 4 is 0 Å². The summed E-state index contributed by atoms with van der Waals surface area (Å²) in [6.45, 7) is 7.29. The Morgan fingerprint density at radius 1 is 0.875 bits per heavy atom. The van der Waals surface area contributed by atoms with E-state index in [4.69, 9.17) is 0 Å². The predicted octanol–water partition coefficient (Wildman–Crippen LogP) is 2.55. The third-order valence-electron chi connectivity index (χ3n) is 0.717. The molecule has 0 saturated heterocycles. The maximum atomic E-state index is 3.65. The minimum absolute atomic E-state index is 0.863. The zero-order valence-corrected chi connectivity index (χ0v) is 5.14. The van der Waals surface area contributed by atoms with E-state index in [0.717, 1.165) is 12.8 Å². The van der Waals surface area contributed by atoms with Crippen molar-refractivity contribution in [2.24, 2.45) is 0 Å². The summed E-state index contributed by atoms with van der Waals surface area (Å²) in [7, 11) is 0. The van der Waals surface area contributed by atoms with E-state index in [2.05, 4.69) is 13.8 Å². The maximum absolute atomic E-state index is 3.65. The molecular formula is C8H12. The first-order valence-corrected chi connectivity index (χ1v) is 2.82. The molecule has 0 aliphatic carbocycles. The third-order valence-corrected chi connectivity index (χ3v) is 0.717. The van der Waals surface area contributed by atoms with Crippen LogP contribution in [0.2, 0.25) is 0 Å². The summed E-state index contributed by atoms with van der Waals surface area (Å²) in [6.07, 6.45) is 9.71. The fraction of sp³-hybridized carbons (Fsp3) is 0.250. The van der Waals surface area contributed by atoms with Crippen LogP contribution in [0.4, 0.5) is 0 Å². The summed E-state index contributed by atoms with van der Waals surface area (Å²) < 4.78 is 0. The average Bonchev–Trinajstić information content (AvgIpc) is 1.81. The van der Waals surface area contributed by atoms with E-state index in [9.17, 15) is 0 Å². The molecule has 0 atom stereocenters. The van der Waals surface area contributed by atoms with Crippen molar-refractivity contribution < 1.29 is 0 Å². The van der Waals surface area contributed by atoms with Gasteiger partial charge in [0.05, 0.1) is 0 Å². The van der Waals surface area contributed by atoms with Crippen LogP contribution in [0.3, 0.4) is 0 Å². The summed E-state index contributed by atoms with van der Waals surface area (Å²) >= 11 is 0. The lowest BCUT2D eigenvalue weighted by atomic mass is 10.3. The van der Waals surface area contributed by atoms with Crippen LogP contribution in [0.15, 0.2) is 24.3 Å². The van der Waals surface area contributed by atoms with E-state index < -0.39 is 0 Å². The molecular weight excluding hydrogens is 96.1 g/mol. The van der Waals surface area contributed by atoms with Crippen LogP contribution in [0, 0.1) is 13.8 Å². The molecule has 0 amide bonds. The van der Waals surface area contributed by atoms with Crippen LogP contribution in [0.5, 0.6) is 0 Å². The van der Waals surface area contributed by atoms with Gasteiger partial charge in [-0.1, -0.05) is 24.3 Å². The van der Waals surface area contributed by atoms with Crippen molar-refractivity contribution in [1.82, 2.24) is 0 Å². The van der Waals surface area contributed by atoms with Crippen LogP contribution in [-0.2, 0) is 0 Å². The van der Waals surface area contributed by atoms with Crippen LogP contribution in [0.1, 0.15) is 12.8 Å². The van der Waals surface area contributed by atoms with Crippen molar-refractivity contribution in [1.29, 1.82) is 0 Å². The standard InChI is InChI=1S/C8H12/c1-3-5-7-8-6-4-2/h5-8H,1-4H2/b7-5+,8-6+. The molecule has 8 heavy (non-hydrogen) atoms. The van der Waals surface area contributed by atoms with Gasteiger partial charge in [-0.05, 0) is 26.7 Å². The van der Waals surface area contributed by atoms with E-state index >= 15 is 0 Å². The summed E-state index contributed by atoms with van der Waals surface area (Å²) in [5, 5.41) is 0. The van der Waals surface area contributed by atoms with Crippen molar-refractivity contribution in [2.75, 3.05) is 0 Å². The molecule has 0 unspecified atom stereocenters. The molecule has 0 fully saturated rings. The van der Waals surface area contributed by atoms with Gasteiger partial charge < -0.3 is 0 Å². The molecule has 2 radical (unpaired) electrons. The monoisotopic (exact) mass is 108 g/mol. The highest BCUT2D eigenvalue weighted by Gasteiger charge is 1.62. The normalized spacial score (nSPS) is 11.8. The molecule has 44 valence electrons. The van der Waals surface area contributed by atoms with Crippen molar-refractivity contribution in [3.05, 3.63) is 38.2 Å². The van der Waals surface area contributed by atoms with E-state index in [-0.39, 0.29) is 0 Å². The highest BCUT2D eigenvalue weighted by atomic mass is 13.7. The largest absolute Gasteiger partial charge is 0.0845 e. The van der Waals surface area contributed by atoms with Gasteiger partial charge in [-0.3, -0.25) is 0 Å². The second-order valence-electron chi connectivity index (χ2n) is 1.43. The quantitative estimate of drug-likeness (QED) is 0.487. The molecule has 0 aliphatic rings. The Labute approximate surface area is 51.9 Å². The molecule has 0 rings (SSSR count). The van der Waals surface area contributed by atoms with Gasteiger partial charge in [0, 0.05) is 0 Å². The molecule has 0 heteroatoms. The van der Waals surface area contributed by atoms with E-state index in [1.54, 1.807) is 0 Å². The minimum Gasteiger partial charge on any atom is -0.0845 e. The molecule has 0 aliphatic heterocycles.